The number of methoxy groups -OCH3 is 1. The minimum Gasteiger partial charge on any atom is -0.497 e. The molecule has 1 aromatic rings. The van der Waals surface area contributed by atoms with E-state index in [4.69, 9.17) is 14.2 Å². The molecule has 0 unspecified atom stereocenters. The second-order valence-corrected chi connectivity index (χ2v) is 6.18. The van der Waals surface area contributed by atoms with Gasteiger partial charge in [-0.1, -0.05) is 6.07 Å². The van der Waals surface area contributed by atoms with Gasteiger partial charge in [-0.25, -0.2) is 0 Å². The minimum absolute atomic E-state index is 0.645. The molecule has 1 fully saturated rings. The molecule has 0 aliphatic heterocycles. The second-order valence-electron chi connectivity index (χ2n) is 6.18. The second kappa shape index (κ2) is 11.6. The highest BCUT2D eigenvalue weighted by Crippen LogP contribution is 2.28. The average Bonchev–Trinajstić information content (AvgIpc) is 3.47. The highest BCUT2D eigenvalue weighted by molar-refractivity contribution is 5.79. The molecule has 0 radical (unpaired) electrons. The van der Waals surface area contributed by atoms with E-state index in [1.807, 2.05) is 24.3 Å². The van der Waals surface area contributed by atoms with Crippen LogP contribution in [0.15, 0.2) is 29.3 Å². The van der Waals surface area contributed by atoms with Gasteiger partial charge in [0.1, 0.15) is 11.5 Å². The summed E-state index contributed by atoms with van der Waals surface area (Å²) in [6, 6.07) is 7.65. The fourth-order valence-corrected chi connectivity index (χ4v) is 2.30. The number of rotatable bonds is 12. The Morgan fingerprint density at radius 1 is 1.12 bits per heavy atom. The maximum Gasteiger partial charge on any atom is 0.190 e. The summed E-state index contributed by atoms with van der Waals surface area (Å²) in [4.78, 5) is 4.22. The summed E-state index contributed by atoms with van der Waals surface area (Å²) in [5.41, 5.74) is 0. The number of hydrogen-bond donors (Lipinski definition) is 2. The lowest BCUT2D eigenvalue weighted by Crippen LogP contribution is -2.38. The quantitative estimate of drug-likeness (QED) is 0.345. The van der Waals surface area contributed by atoms with Crippen LogP contribution in [0, 0.1) is 5.92 Å². The molecule has 6 nitrogen and oxygen atoms in total. The molecule has 25 heavy (non-hydrogen) atoms. The Morgan fingerprint density at radius 2 is 1.84 bits per heavy atom. The van der Waals surface area contributed by atoms with Crippen molar-refractivity contribution in [2.75, 3.05) is 47.1 Å². The standard InChI is InChI=1S/C19H31N3O3/c1-20-19(21-10-4-12-24-15-16-8-9-16)22-11-5-13-25-18-7-3-6-17(14-18)23-2/h3,6-7,14,16H,4-5,8-13,15H2,1-2H3,(H2,20,21,22). The van der Waals surface area contributed by atoms with Crippen molar-refractivity contribution in [3.05, 3.63) is 24.3 Å². The van der Waals surface area contributed by atoms with Gasteiger partial charge < -0.3 is 24.8 Å². The highest BCUT2D eigenvalue weighted by atomic mass is 16.5. The number of aliphatic imine (C=N–C) groups is 1. The summed E-state index contributed by atoms with van der Waals surface area (Å²) in [5, 5.41) is 6.59. The van der Waals surface area contributed by atoms with E-state index in [-0.39, 0.29) is 0 Å². The Balaban J connectivity index is 1.47. The lowest BCUT2D eigenvalue weighted by Gasteiger charge is -2.12. The molecule has 140 valence electrons. The predicted molar refractivity (Wildman–Crippen MR) is 101 cm³/mol. The molecule has 0 atom stereocenters. The zero-order valence-electron chi connectivity index (χ0n) is 15.4. The topological polar surface area (TPSA) is 64.1 Å². The highest BCUT2D eigenvalue weighted by Gasteiger charge is 2.20. The fraction of sp³-hybridized carbons (Fsp3) is 0.632. The van der Waals surface area contributed by atoms with E-state index in [0.717, 1.165) is 62.5 Å². The molecule has 0 aromatic heterocycles. The van der Waals surface area contributed by atoms with Crippen LogP contribution in [0.4, 0.5) is 0 Å². The van der Waals surface area contributed by atoms with Crippen molar-refractivity contribution < 1.29 is 14.2 Å². The normalized spacial score (nSPS) is 14.2. The molecular weight excluding hydrogens is 318 g/mol. The van der Waals surface area contributed by atoms with Gasteiger partial charge in [-0.2, -0.15) is 0 Å². The lowest BCUT2D eigenvalue weighted by molar-refractivity contribution is 0.123. The molecule has 1 aliphatic rings. The fourth-order valence-electron chi connectivity index (χ4n) is 2.30. The third-order valence-electron chi connectivity index (χ3n) is 3.96. The molecule has 1 aromatic carbocycles. The molecule has 0 heterocycles. The SMILES string of the molecule is CN=C(NCCCOCC1CC1)NCCCOc1cccc(OC)c1. The molecule has 2 rings (SSSR count). The van der Waals surface area contributed by atoms with Crippen molar-refractivity contribution >= 4 is 5.96 Å². The third-order valence-corrected chi connectivity index (χ3v) is 3.96. The smallest absolute Gasteiger partial charge is 0.190 e. The monoisotopic (exact) mass is 349 g/mol. The summed E-state index contributed by atoms with van der Waals surface area (Å²) in [5.74, 6) is 3.29. The van der Waals surface area contributed by atoms with Crippen LogP contribution >= 0.6 is 0 Å². The maximum atomic E-state index is 5.72. The predicted octanol–water partition coefficient (Wildman–Crippen LogP) is 2.45. The number of hydrogen-bond acceptors (Lipinski definition) is 4. The van der Waals surface area contributed by atoms with Gasteiger partial charge in [0.2, 0.25) is 0 Å². The van der Waals surface area contributed by atoms with E-state index < -0.39 is 0 Å². The van der Waals surface area contributed by atoms with E-state index in [1.54, 1.807) is 14.2 Å². The van der Waals surface area contributed by atoms with Gasteiger partial charge in [-0.05, 0) is 43.7 Å². The Bertz CT molecular complexity index is 518. The molecule has 0 saturated heterocycles. The first kappa shape index (κ1) is 19.4. The van der Waals surface area contributed by atoms with Crippen LogP contribution in [0.1, 0.15) is 25.7 Å². The van der Waals surface area contributed by atoms with E-state index in [0.29, 0.717) is 6.61 Å². The first-order valence-corrected chi connectivity index (χ1v) is 9.11. The van der Waals surface area contributed by atoms with Gasteiger partial charge in [-0.3, -0.25) is 4.99 Å². The number of guanidine groups is 1. The zero-order valence-corrected chi connectivity index (χ0v) is 15.4. The van der Waals surface area contributed by atoms with Crippen LogP contribution in [0.5, 0.6) is 11.5 Å². The maximum absolute atomic E-state index is 5.72. The van der Waals surface area contributed by atoms with E-state index in [9.17, 15) is 0 Å². The van der Waals surface area contributed by atoms with Crippen LogP contribution in [0.3, 0.4) is 0 Å². The van der Waals surface area contributed by atoms with Crippen molar-refractivity contribution in [2.24, 2.45) is 10.9 Å². The summed E-state index contributed by atoms with van der Waals surface area (Å²) in [6.45, 7) is 4.06. The Kier molecular flexibility index (Phi) is 8.97. The van der Waals surface area contributed by atoms with Crippen molar-refractivity contribution in [3.8, 4) is 11.5 Å². The molecular formula is C19H31N3O3. The summed E-state index contributed by atoms with van der Waals surface area (Å²) in [6.07, 6.45) is 4.57. The molecule has 2 N–H and O–H groups in total. The number of nitrogens with one attached hydrogen (secondary N) is 2. The summed E-state index contributed by atoms with van der Waals surface area (Å²) in [7, 11) is 3.44. The van der Waals surface area contributed by atoms with Gasteiger partial charge in [0.05, 0.1) is 13.7 Å². The Labute approximate surface area is 151 Å². The number of benzene rings is 1. The molecule has 0 amide bonds. The zero-order chi connectivity index (χ0) is 17.7. The first-order chi connectivity index (χ1) is 12.3. The van der Waals surface area contributed by atoms with Crippen LogP contribution in [-0.2, 0) is 4.74 Å². The largest absolute Gasteiger partial charge is 0.497 e. The van der Waals surface area contributed by atoms with E-state index in [1.165, 1.54) is 12.8 Å². The Hall–Kier alpha value is -1.95. The van der Waals surface area contributed by atoms with Gasteiger partial charge in [0.15, 0.2) is 5.96 Å². The van der Waals surface area contributed by atoms with Crippen molar-refractivity contribution in [3.63, 3.8) is 0 Å². The van der Waals surface area contributed by atoms with E-state index >= 15 is 0 Å². The van der Waals surface area contributed by atoms with E-state index in [2.05, 4.69) is 15.6 Å². The number of ether oxygens (including phenoxy) is 3. The van der Waals surface area contributed by atoms with Gasteiger partial charge in [0, 0.05) is 39.4 Å². The number of nitrogens with zero attached hydrogens (tertiary/aromatic N) is 1. The molecule has 1 saturated carbocycles. The van der Waals surface area contributed by atoms with Gasteiger partial charge in [-0.15, -0.1) is 0 Å². The summed E-state index contributed by atoms with van der Waals surface area (Å²) < 4.78 is 16.5. The molecule has 0 spiro atoms. The van der Waals surface area contributed by atoms with Crippen LogP contribution in [0.2, 0.25) is 0 Å². The third kappa shape index (κ3) is 8.63. The van der Waals surface area contributed by atoms with Crippen LogP contribution in [0.25, 0.3) is 0 Å². The van der Waals surface area contributed by atoms with Gasteiger partial charge in [0.25, 0.3) is 0 Å². The minimum atomic E-state index is 0.645. The molecule has 0 bridgehead atoms. The van der Waals surface area contributed by atoms with Gasteiger partial charge >= 0.3 is 0 Å². The van der Waals surface area contributed by atoms with Crippen LogP contribution < -0.4 is 20.1 Å². The molecule has 6 heteroatoms. The Morgan fingerprint density at radius 3 is 2.52 bits per heavy atom. The lowest BCUT2D eigenvalue weighted by atomic mass is 10.3. The van der Waals surface area contributed by atoms with Crippen molar-refractivity contribution in [2.45, 2.75) is 25.7 Å². The van der Waals surface area contributed by atoms with Crippen molar-refractivity contribution in [1.29, 1.82) is 0 Å². The molecule has 1 aliphatic carbocycles. The van der Waals surface area contributed by atoms with Crippen molar-refractivity contribution in [1.82, 2.24) is 10.6 Å². The summed E-state index contributed by atoms with van der Waals surface area (Å²) >= 11 is 0. The first-order valence-electron chi connectivity index (χ1n) is 9.11. The average molecular weight is 349 g/mol. The van der Waals surface area contributed by atoms with Crippen LogP contribution in [-0.4, -0.2) is 53.0 Å².